The van der Waals surface area contributed by atoms with E-state index in [1.165, 1.54) is 19.3 Å². The van der Waals surface area contributed by atoms with Crippen LogP contribution in [0.5, 0.6) is 0 Å². The monoisotopic (exact) mass is 354 g/mol. The Balaban J connectivity index is 0.00000169. The van der Waals surface area contributed by atoms with Crippen LogP contribution >= 0.6 is 12.4 Å². The summed E-state index contributed by atoms with van der Waals surface area (Å²) in [7, 11) is 0. The summed E-state index contributed by atoms with van der Waals surface area (Å²) in [4.78, 5) is 18.9. The Morgan fingerprint density at radius 3 is 2.75 bits per heavy atom. The van der Waals surface area contributed by atoms with Gasteiger partial charge in [-0.2, -0.15) is 4.98 Å². The van der Waals surface area contributed by atoms with Crippen LogP contribution in [0.15, 0.2) is 4.52 Å². The molecule has 24 heavy (non-hydrogen) atoms. The molecule has 0 spiro atoms. The number of aryl methyl sites for hydroxylation is 1. The van der Waals surface area contributed by atoms with Gasteiger partial charge in [0.15, 0.2) is 5.82 Å². The van der Waals surface area contributed by atoms with Crippen LogP contribution in [0, 0.1) is 11.8 Å². The highest BCUT2D eigenvalue weighted by atomic mass is 35.5. The summed E-state index contributed by atoms with van der Waals surface area (Å²) < 4.78 is 5.33. The molecular formula is C17H27ClN4O2. The van der Waals surface area contributed by atoms with Gasteiger partial charge in [0.05, 0.1) is 0 Å². The molecule has 6 nitrogen and oxygen atoms in total. The molecule has 3 atom stereocenters. The first-order chi connectivity index (χ1) is 11.2. The van der Waals surface area contributed by atoms with Crippen molar-refractivity contribution in [1.29, 1.82) is 0 Å². The van der Waals surface area contributed by atoms with E-state index in [0.717, 1.165) is 38.2 Å². The highest BCUT2D eigenvalue weighted by Gasteiger charge is 2.42. The van der Waals surface area contributed by atoms with Crippen LogP contribution in [0.2, 0.25) is 0 Å². The van der Waals surface area contributed by atoms with Crippen LogP contribution in [-0.2, 0) is 11.2 Å². The van der Waals surface area contributed by atoms with Crippen molar-refractivity contribution in [2.24, 2.45) is 17.6 Å². The van der Waals surface area contributed by atoms with Gasteiger partial charge < -0.3 is 15.2 Å². The largest absolute Gasteiger partial charge is 0.342 e. The Morgan fingerprint density at radius 1 is 1.21 bits per heavy atom. The molecule has 2 saturated carbocycles. The zero-order valence-electron chi connectivity index (χ0n) is 14.0. The van der Waals surface area contributed by atoms with E-state index in [9.17, 15) is 4.79 Å². The highest BCUT2D eigenvalue weighted by molar-refractivity contribution is 5.85. The number of likely N-dealkylation sites (tertiary alicyclic amines) is 1. The fourth-order valence-electron chi connectivity index (χ4n) is 4.60. The van der Waals surface area contributed by atoms with E-state index in [0.29, 0.717) is 36.5 Å². The summed E-state index contributed by atoms with van der Waals surface area (Å²) >= 11 is 0. The Labute approximate surface area is 148 Å². The van der Waals surface area contributed by atoms with Gasteiger partial charge in [-0.3, -0.25) is 4.79 Å². The predicted octanol–water partition coefficient (Wildman–Crippen LogP) is 2.28. The second-order valence-electron chi connectivity index (χ2n) is 7.49. The van der Waals surface area contributed by atoms with Crippen molar-refractivity contribution in [1.82, 2.24) is 15.0 Å². The lowest BCUT2D eigenvalue weighted by atomic mass is 9.98. The van der Waals surface area contributed by atoms with Crippen LogP contribution in [0.25, 0.3) is 0 Å². The second kappa shape index (κ2) is 7.40. The summed E-state index contributed by atoms with van der Waals surface area (Å²) in [6.45, 7) is 1.72. The molecule has 1 aromatic heterocycles. The zero-order valence-corrected chi connectivity index (χ0v) is 14.8. The van der Waals surface area contributed by atoms with Crippen molar-refractivity contribution in [3.63, 3.8) is 0 Å². The quantitative estimate of drug-likeness (QED) is 0.896. The molecule has 1 saturated heterocycles. The van der Waals surface area contributed by atoms with Crippen molar-refractivity contribution in [2.75, 3.05) is 13.1 Å². The summed E-state index contributed by atoms with van der Waals surface area (Å²) in [5, 5.41) is 4.10. The summed E-state index contributed by atoms with van der Waals surface area (Å²) in [6.07, 6.45) is 8.13. The molecule has 0 radical (unpaired) electrons. The number of carbonyl (C=O) groups excluding carboxylic acids is 1. The van der Waals surface area contributed by atoms with Gasteiger partial charge in [-0.15, -0.1) is 12.4 Å². The van der Waals surface area contributed by atoms with Gasteiger partial charge in [-0.1, -0.05) is 18.0 Å². The third-order valence-electron chi connectivity index (χ3n) is 6.02. The van der Waals surface area contributed by atoms with E-state index in [4.69, 9.17) is 10.3 Å². The summed E-state index contributed by atoms with van der Waals surface area (Å²) in [6, 6.07) is 0.280. The van der Waals surface area contributed by atoms with Crippen LogP contribution in [0.1, 0.15) is 62.6 Å². The molecule has 3 aliphatic rings. The van der Waals surface area contributed by atoms with E-state index in [2.05, 4.69) is 10.1 Å². The smallest absolute Gasteiger partial charge is 0.227 e. The van der Waals surface area contributed by atoms with Gasteiger partial charge in [-0.05, 0) is 37.5 Å². The van der Waals surface area contributed by atoms with Gasteiger partial charge in [0.25, 0.3) is 0 Å². The van der Waals surface area contributed by atoms with Crippen molar-refractivity contribution in [3.8, 4) is 0 Å². The van der Waals surface area contributed by atoms with E-state index >= 15 is 0 Å². The lowest BCUT2D eigenvalue weighted by molar-refractivity contribution is -0.130. The summed E-state index contributed by atoms with van der Waals surface area (Å²) in [5.74, 6) is 3.24. The van der Waals surface area contributed by atoms with Crippen molar-refractivity contribution < 1.29 is 9.32 Å². The fourth-order valence-corrected chi connectivity index (χ4v) is 4.60. The van der Waals surface area contributed by atoms with Gasteiger partial charge in [-0.25, -0.2) is 0 Å². The minimum absolute atomic E-state index is 0. The van der Waals surface area contributed by atoms with Gasteiger partial charge >= 0.3 is 0 Å². The molecule has 4 rings (SSSR count). The molecule has 1 aliphatic heterocycles. The third kappa shape index (κ3) is 3.45. The minimum atomic E-state index is 0. The number of nitrogens with zero attached hydrogens (tertiary/aromatic N) is 3. The average Bonchev–Trinajstić information content (AvgIpc) is 3.31. The fraction of sp³-hybridized carbons (Fsp3) is 0.824. The number of amides is 1. The van der Waals surface area contributed by atoms with Crippen LogP contribution in [-0.4, -0.2) is 40.1 Å². The maximum absolute atomic E-state index is 12.4. The molecule has 1 aromatic rings. The number of carbonyl (C=O) groups is 1. The first kappa shape index (κ1) is 17.7. The Morgan fingerprint density at radius 2 is 2.00 bits per heavy atom. The topological polar surface area (TPSA) is 85.2 Å². The average molecular weight is 355 g/mol. The molecule has 0 bridgehead atoms. The first-order valence-corrected chi connectivity index (χ1v) is 9.06. The van der Waals surface area contributed by atoms with E-state index in [1.54, 1.807) is 0 Å². The minimum Gasteiger partial charge on any atom is -0.342 e. The second-order valence-corrected chi connectivity index (χ2v) is 7.49. The van der Waals surface area contributed by atoms with Crippen molar-refractivity contribution >= 4 is 18.3 Å². The Kier molecular flexibility index (Phi) is 5.45. The predicted molar refractivity (Wildman–Crippen MR) is 91.8 cm³/mol. The van der Waals surface area contributed by atoms with Gasteiger partial charge in [0.1, 0.15) is 0 Å². The van der Waals surface area contributed by atoms with Crippen LogP contribution in [0.3, 0.4) is 0 Å². The maximum Gasteiger partial charge on any atom is 0.227 e. The SMILES string of the molecule is Cl.NC1CCC2CN(C(=O)CCc3nc(C4CCCC4)no3)CC12. The maximum atomic E-state index is 12.4. The Hall–Kier alpha value is -1.14. The van der Waals surface area contributed by atoms with Crippen molar-refractivity contribution in [3.05, 3.63) is 11.7 Å². The number of nitrogens with two attached hydrogens (primary N) is 1. The van der Waals surface area contributed by atoms with Crippen LogP contribution < -0.4 is 5.73 Å². The molecule has 7 heteroatoms. The number of hydrogen-bond donors (Lipinski definition) is 1. The molecule has 2 heterocycles. The molecular weight excluding hydrogens is 328 g/mol. The lowest BCUT2D eigenvalue weighted by Crippen LogP contribution is -2.33. The molecule has 2 N–H and O–H groups in total. The van der Waals surface area contributed by atoms with Crippen LogP contribution in [0.4, 0.5) is 0 Å². The van der Waals surface area contributed by atoms with E-state index in [-0.39, 0.29) is 24.4 Å². The molecule has 1 amide bonds. The Bertz CT molecular complexity index is 573. The van der Waals surface area contributed by atoms with Gasteiger partial charge in [0, 0.05) is 37.9 Å². The molecule has 134 valence electrons. The van der Waals surface area contributed by atoms with E-state index < -0.39 is 0 Å². The van der Waals surface area contributed by atoms with E-state index in [1.807, 2.05) is 4.90 Å². The summed E-state index contributed by atoms with van der Waals surface area (Å²) in [5.41, 5.74) is 6.14. The molecule has 3 unspecified atom stereocenters. The normalized spacial score (nSPS) is 29.7. The molecule has 3 fully saturated rings. The first-order valence-electron chi connectivity index (χ1n) is 9.06. The number of halogens is 1. The zero-order chi connectivity index (χ0) is 15.8. The van der Waals surface area contributed by atoms with Gasteiger partial charge in [0.2, 0.25) is 11.8 Å². The third-order valence-corrected chi connectivity index (χ3v) is 6.02. The standard InChI is InChI=1S/C17H26N4O2.ClH/c18-14-6-5-12-9-21(10-13(12)14)16(22)8-7-15-19-17(20-23-15)11-3-1-2-4-11;/h11-14H,1-10,18H2;1H. The molecule has 0 aromatic carbocycles. The molecule has 2 aliphatic carbocycles. The number of rotatable bonds is 4. The van der Waals surface area contributed by atoms with Crippen molar-refractivity contribution in [2.45, 2.75) is 63.3 Å². The number of aromatic nitrogens is 2. The lowest BCUT2D eigenvalue weighted by Gasteiger charge is -2.18. The highest BCUT2D eigenvalue weighted by Crippen LogP contribution is 2.37. The number of fused-ring (bicyclic) bond motifs is 1. The number of hydrogen-bond acceptors (Lipinski definition) is 5.